The van der Waals surface area contributed by atoms with Gasteiger partial charge in [0.25, 0.3) is 0 Å². The highest BCUT2D eigenvalue weighted by atomic mass is 35.5. The number of rotatable bonds is 3. The lowest BCUT2D eigenvalue weighted by Crippen LogP contribution is -1.92. The maximum absolute atomic E-state index is 10.5. The van der Waals surface area contributed by atoms with Gasteiger partial charge in [-0.3, -0.25) is 4.99 Å². The topological polar surface area (TPSA) is 78.9 Å². The summed E-state index contributed by atoms with van der Waals surface area (Å²) in [5.74, 6) is 0.573. The molecular weight excluding hydrogens is 424 g/mol. The molecule has 0 aliphatic carbocycles. The number of benzene rings is 4. The fourth-order valence-electron chi connectivity index (χ4n) is 3.77. The normalized spacial score (nSPS) is 11.7. The lowest BCUT2D eigenvalue weighted by Gasteiger charge is -2.08. The lowest BCUT2D eigenvalue weighted by atomic mass is 10.0. The van der Waals surface area contributed by atoms with E-state index >= 15 is 0 Å². The molecule has 0 spiro atoms. The number of aromatic hydroxyl groups is 2. The highest BCUT2D eigenvalue weighted by Gasteiger charge is 2.14. The van der Waals surface area contributed by atoms with Crippen molar-refractivity contribution < 1.29 is 14.6 Å². The molecule has 0 radical (unpaired) electrons. The van der Waals surface area contributed by atoms with Gasteiger partial charge in [-0.1, -0.05) is 35.9 Å². The number of aryl methyl sites for hydroxylation is 1. The Morgan fingerprint density at radius 1 is 0.938 bits per heavy atom. The number of fused-ring (bicyclic) bond motifs is 2. The molecular formula is C26H19ClN2O3. The maximum atomic E-state index is 10.5. The number of phenolic OH excluding ortho intramolecular Hbond substituents is 2. The van der Waals surface area contributed by atoms with E-state index < -0.39 is 0 Å². The number of phenols is 2. The highest BCUT2D eigenvalue weighted by molar-refractivity contribution is 6.32. The Hall–Kier alpha value is -3.83. The third kappa shape index (κ3) is 3.47. The van der Waals surface area contributed by atoms with Crippen LogP contribution in [0.5, 0.6) is 11.5 Å². The van der Waals surface area contributed by atoms with Crippen molar-refractivity contribution in [1.29, 1.82) is 0 Å². The molecule has 5 rings (SSSR count). The van der Waals surface area contributed by atoms with Crippen molar-refractivity contribution in [3.63, 3.8) is 0 Å². The molecule has 0 atom stereocenters. The minimum Gasteiger partial charge on any atom is -0.507 e. The molecule has 2 N–H and O–H groups in total. The molecule has 0 unspecified atom stereocenters. The van der Waals surface area contributed by atoms with Crippen LogP contribution in [0.15, 0.2) is 70.1 Å². The van der Waals surface area contributed by atoms with E-state index in [0.717, 1.165) is 21.9 Å². The zero-order valence-corrected chi connectivity index (χ0v) is 18.2. The number of aromatic nitrogens is 1. The summed E-state index contributed by atoms with van der Waals surface area (Å²) < 4.78 is 5.89. The molecule has 0 bridgehead atoms. The van der Waals surface area contributed by atoms with Crippen LogP contribution in [0.1, 0.15) is 16.7 Å². The maximum Gasteiger partial charge on any atom is 0.231 e. The summed E-state index contributed by atoms with van der Waals surface area (Å²) in [6, 6.07) is 18.4. The van der Waals surface area contributed by atoms with Gasteiger partial charge < -0.3 is 14.6 Å². The first kappa shape index (κ1) is 20.1. The SMILES string of the molecule is Cc1cc(O)c(C=Nc2ccc3oc(-c4cc5ccccc5cc4O)nc3c2)c(C)c1Cl. The summed E-state index contributed by atoms with van der Waals surface area (Å²) in [5, 5.41) is 23.3. The molecule has 0 aliphatic rings. The van der Waals surface area contributed by atoms with E-state index in [9.17, 15) is 10.2 Å². The molecule has 0 aliphatic heterocycles. The second-order valence-corrected chi connectivity index (χ2v) is 8.09. The van der Waals surface area contributed by atoms with Crippen LogP contribution in [-0.2, 0) is 0 Å². The van der Waals surface area contributed by atoms with Crippen LogP contribution in [0.3, 0.4) is 0 Å². The van der Waals surface area contributed by atoms with Crippen molar-refractivity contribution in [2.75, 3.05) is 0 Å². The Bertz CT molecular complexity index is 1540. The Morgan fingerprint density at radius 2 is 1.69 bits per heavy atom. The van der Waals surface area contributed by atoms with Gasteiger partial charge in [-0.2, -0.15) is 0 Å². The van der Waals surface area contributed by atoms with Crippen LogP contribution in [0, 0.1) is 13.8 Å². The van der Waals surface area contributed by atoms with Crippen molar-refractivity contribution in [3.05, 3.63) is 82.4 Å². The molecule has 1 heterocycles. The summed E-state index contributed by atoms with van der Waals surface area (Å²) in [6.45, 7) is 3.69. The van der Waals surface area contributed by atoms with Gasteiger partial charge >= 0.3 is 0 Å². The van der Waals surface area contributed by atoms with Crippen LogP contribution in [0.25, 0.3) is 33.3 Å². The predicted octanol–water partition coefficient (Wildman–Crippen LogP) is 7.08. The molecule has 32 heavy (non-hydrogen) atoms. The second kappa shape index (κ2) is 7.70. The number of hydrogen-bond donors (Lipinski definition) is 2. The van der Waals surface area contributed by atoms with Gasteiger partial charge in [-0.05, 0) is 72.1 Å². The Labute approximate surface area is 189 Å². The molecule has 0 fully saturated rings. The third-order valence-electron chi connectivity index (χ3n) is 5.52. The summed E-state index contributed by atoms with van der Waals surface area (Å²) in [4.78, 5) is 9.04. The van der Waals surface area contributed by atoms with Crippen LogP contribution in [0.2, 0.25) is 5.02 Å². The largest absolute Gasteiger partial charge is 0.507 e. The minimum absolute atomic E-state index is 0.107. The number of oxazole rings is 1. The first-order valence-electron chi connectivity index (χ1n) is 10.1. The smallest absolute Gasteiger partial charge is 0.231 e. The van der Waals surface area contributed by atoms with Gasteiger partial charge in [0.1, 0.15) is 17.0 Å². The van der Waals surface area contributed by atoms with Gasteiger partial charge in [-0.15, -0.1) is 0 Å². The number of hydrogen-bond acceptors (Lipinski definition) is 5. The molecule has 158 valence electrons. The first-order valence-corrected chi connectivity index (χ1v) is 10.4. The van der Waals surface area contributed by atoms with Gasteiger partial charge in [0.15, 0.2) is 5.58 Å². The van der Waals surface area contributed by atoms with E-state index in [4.69, 9.17) is 16.0 Å². The van der Waals surface area contributed by atoms with E-state index in [1.54, 1.807) is 36.5 Å². The van der Waals surface area contributed by atoms with Gasteiger partial charge in [-0.25, -0.2) is 4.98 Å². The van der Waals surface area contributed by atoms with Crippen LogP contribution in [-0.4, -0.2) is 21.4 Å². The zero-order chi connectivity index (χ0) is 22.4. The van der Waals surface area contributed by atoms with E-state index in [1.165, 1.54) is 0 Å². The van der Waals surface area contributed by atoms with Crippen molar-refractivity contribution in [2.45, 2.75) is 13.8 Å². The molecule has 5 nitrogen and oxygen atoms in total. The molecule has 4 aromatic carbocycles. The summed E-state index contributed by atoms with van der Waals surface area (Å²) in [5.41, 5.74) is 4.53. The molecule has 6 heteroatoms. The number of aliphatic imine (C=N–C) groups is 1. The Balaban J connectivity index is 1.52. The summed E-state index contributed by atoms with van der Waals surface area (Å²) in [6.07, 6.45) is 1.59. The fourth-order valence-corrected chi connectivity index (χ4v) is 3.92. The lowest BCUT2D eigenvalue weighted by molar-refractivity contribution is 0.473. The van der Waals surface area contributed by atoms with E-state index in [1.807, 2.05) is 44.2 Å². The summed E-state index contributed by atoms with van der Waals surface area (Å²) >= 11 is 6.31. The third-order valence-corrected chi connectivity index (χ3v) is 6.10. The quantitative estimate of drug-likeness (QED) is 0.292. The molecule has 0 saturated heterocycles. The average molecular weight is 443 g/mol. The second-order valence-electron chi connectivity index (χ2n) is 7.71. The minimum atomic E-state index is 0.107. The molecule has 0 saturated carbocycles. The number of halogens is 1. The van der Waals surface area contributed by atoms with E-state index in [-0.39, 0.29) is 11.5 Å². The monoisotopic (exact) mass is 442 g/mol. The Kier molecular flexibility index (Phi) is 4.83. The molecule has 1 aromatic heterocycles. The van der Waals surface area contributed by atoms with Gasteiger partial charge in [0, 0.05) is 16.8 Å². The van der Waals surface area contributed by atoms with E-state index in [0.29, 0.717) is 38.8 Å². The van der Waals surface area contributed by atoms with Crippen LogP contribution >= 0.6 is 11.6 Å². The predicted molar refractivity (Wildman–Crippen MR) is 128 cm³/mol. The molecule has 0 amide bonds. The van der Waals surface area contributed by atoms with Gasteiger partial charge in [0.2, 0.25) is 5.89 Å². The van der Waals surface area contributed by atoms with Crippen molar-refractivity contribution >= 4 is 45.4 Å². The van der Waals surface area contributed by atoms with Gasteiger partial charge in [0.05, 0.1) is 11.3 Å². The Morgan fingerprint density at radius 3 is 2.47 bits per heavy atom. The van der Waals surface area contributed by atoms with Crippen molar-refractivity contribution in [2.24, 2.45) is 4.99 Å². The number of nitrogens with zero attached hydrogens (tertiary/aromatic N) is 2. The molecule has 5 aromatic rings. The van der Waals surface area contributed by atoms with Crippen molar-refractivity contribution in [1.82, 2.24) is 4.98 Å². The van der Waals surface area contributed by atoms with Crippen molar-refractivity contribution in [3.8, 4) is 23.0 Å². The van der Waals surface area contributed by atoms with Crippen LogP contribution in [0.4, 0.5) is 5.69 Å². The standard InChI is InChI=1S/C26H19ClN2O3/c1-14-9-22(30)20(15(2)25(14)27)13-28-18-7-8-24-21(12-18)29-26(32-24)19-10-16-5-3-4-6-17(16)11-23(19)31/h3-13,30-31H,1-2H3. The average Bonchev–Trinajstić information content (AvgIpc) is 3.20. The summed E-state index contributed by atoms with van der Waals surface area (Å²) in [7, 11) is 0. The van der Waals surface area contributed by atoms with E-state index in [2.05, 4.69) is 9.98 Å². The zero-order valence-electron chi connectivity index (χ0n) is 17.4. The highest BCUT2D eigenvalue weighted by Crippen LogP contribution is 2.35. The fraction of sp³-hybridized carbons (Fsp3) is 0.0769. The van der Waals surface area contributed by atoms with Crippen LogP contribution < -0.4 is 0 Å². The first-order chi connectivity index (χ1) is 15.4.